The maximum atomic E-state index is 10.0. The summed E-state index contributed by atoms with van der Waals surface area (Å²) in [4.78, 5) is 10.0. The molecule has 112 valence electrons. The highest BCUT2D eigenvalue weighted by molar-refractivity contribution is 5.67. The van der Waals surface area contributed by atoms with Crippen molar-refractivity contribution in [1.29, 1.82) is 0 Å². The Morgan fingerprint density at radius 3 is 1.61 bits per heavy atom. The van der Waals surface area contributed by atoms with Crippen molar-refractivity contribution in [3.8, 4) is 0 Å². The van der Waals surface area contributed by atoms with Crippen molar-refractivity contribution in [2.75, 3.05) is 7.05 Å². The molecule has 0 heterocycles. The Kier molecular flexibility index (Phi) is 27.2. The van der Waals surface area contributed by atoms with Crippen molar-refractivity contribution in [1.82, 2.24) is 0 Å². The fourth-order valence-electron chi connectivity index (χ4n) is 1.44. The molecule has 0 aromatic rings. The summed E-state index contributed by atoms with van der Waals surface area (Å²) in [5.74, 6) is -0.137. The van der Waals surface area contributed by atoms with Crippen molar-refractivity contribution >= 4 is 5.97 Å². The second-order valence-corrected chi connectivity index (χ2v) is 4.10. The van der Waals surface area contributed by atoms with E-state index in [1.54, 1.807) is 0 Å². The SMILES string of the molecule is CC.CCCCCC.CN.O=C(O)CC1CCC1. The van der Waals surface area contributed by atoms with Gasteiger partial charge < -0.3 is 10.8 Å². The van der Waals surface area contributed by atoms with Crippen LogP contribution in [0.15, 0.2) is 0 Å². The molecular formula is C15H35NO2. The van der Waals surface area contributed by atoms with Crippen LogP contribution in [0.2, 0.25) is 0 Å². The van der Waals surface area contributed by atoms with Crippen LogP contribution in [0.5, 0.6) is 0 Å². The van der Waals surface area contributed by atoms with E-state index < -0.39 is 5.97 Å². The molecule has 0 unspecified atom stereocenters. The molecule has 1 rings (SSSR count). The van der Waals surface area contributed by atoms with E-state index in [1.165, 1.54) is 39.2 Å². The molecule has 1 aliphatic rings. The number of nitrogens with two attached hydrogens (primary N) is 1. The van der Waals surface area contributed by atoms with Crippen LogP contribution in [-0.2, 0) is 4.79 Å². The van der Waals surface area contributed by atoms with Gasteiger partial charge in [0.1, 0.15) is 0 Å². The molecule has 18 heavy (non-hydrogen) atoms. The molecule has 0 aromatic heterocycles. The number of rotatable bonds is 5. The minimum atomic E-state index is -0.644. The van der Waals surface area contributed by atoms with Gasteiger partial charge in [-0.1, -0.05) is 59.8 Å². The minimum Gasteiger partial charge on any atom is -0.481 e. The molecule has 0 bridgehead atoms. The summed E-state index contributed by atoms with van der Waals surface area (Å²) in [5, 5.41) is 8.25. The first-order valence-electron chi connectivity index (χ1n) is 7.50. The molecule has 1 aliphatic carbocycles. The van der Waals surface area contributed by atoms with Crippen molar-refractivity contribution in [2.24, 2.45) is 11.7 Å². The zero-order valence-corrected chi connectivity index (χ0v) is 13.2. The Morgan fingerprint density at radius 1 is 1.11 bits per heavy atom. The quantitative estimate of drug-likeness (QED) is 0.719. The average Bonchev–Trinajstić information content (AvgIpc) is 2.37. The zero-order chi connectivity index (χ0) is 14.8. The van der Waals surface area contributed by atoms with Gasteiger partial charge in [0.25, 0.3) is 0 Å². The second-order valence-electron chi connectivity index (χ2n) is 4.10. The fraction of sp³-hybridized carbons (Fsp3) is 0.933. The van der Waals surface area contributed by atoms with Gasteiger partial charge in [-0.25, -0.2) is 0 Å². The molecule has 3 heteroatoms. The van der Waals surface area contributed by atoms with Crippen LogP contribution >= 0.6 is 0 Å². The highest BCUT2D eigenvalue weighted by Crippen LogP contribution is 2.28. The third-order valence-electron chi connectivity index (χ3n) is 2.65. The van der Waals surface area contributed by atoms with Crippen molar-refractivity contribution in [2.45, 2.75) is 79.1 Å². The smallest absolute Gasteiger partial charge is 0.303 e. The lowest BCUT2D eigenvalue weighted by molar-refractivity contribution is -0.138. The van der Waals surface area contributed by atoms with Crippen LogP contribution in [-0.4, -0.2) is 18.1 Å². The highest BCUT2D eigenvalue weighted by Gasteiger charge is 2.19. The van der Waals surface area contributed by atoms with Gasteiger partial charge in [-0.3, -0.25) is 4.79 Å². The molecule has 0 amide bonds. The highest BCUT2D eigenvalue weighted by atomic mass is 16.4. The monoisotopic (exact) mass is 261 g/mol. The van der Waals surface area contributed by atoms with Crippen LogP contribution < -0.4 is 5.73 Å². The molecule has 1 saturated carbocycles. The average molecular weight is 261 g/mol. The van der Waals surface area contributed by atoms with Crippen molar-refractivity contribution in [3.05, 3.63) is 0 Å². The maximum Gasteiger partial charge on any atom is 0.303 e. The van der Waals surface area contributed by atoms with Gasteiger partial charge in [0.15, 0.2) is 0 Å². The molecule has 0 atom stereocenters. The summed E-state index contributed by atoms with van der Waals surface area (Å²) in [6.07, 6.45) is 9.42. The van der Waals surface area contributed by atoms with Crippen LogP contribution in [0.25, 0.3) is 0 Å². The van der Waals surface area contributed by atoms with E-state index in [1.807, 2.05) is 13.8 Å². The number of unbranched alkanes of at least 4 members (excludes halogenated alkanes) is 3. The molecule has 0 saturated heterocycles. The van der Waals surface area contributed by atoms with Gasteiger partial charge in [-0.15, -0.1) is 0 Å². The largest absolute Gasteiger partial charge is 0.481 e. The van der Waals surface area contributed by atoms with Crippen LogP contribution in [0, 0.1) is 5.92 Å². The van der Waals surface area contributed by atoms with Crippen LogP contribution in [0.4, 0.5) is 0 Å². The van der Waals surface area contributed by atoms with Crippen molar-refractivity contribution < 1.29 is 9.90 Å². The zero-order valence-electron chi connectivity index (χ0n) is 13.2. The van der Waals surface area contributed by atoms with Gasteiger partial charge >= 0.3 is 5.97 Å². The summed E-state index contributed by atoms with van der Waals surface area (Å²) in [5.41, 5.74) is 4.50. The predicted molar refractivity (Wildman–Crippen MR) is 80.9 cm³/mol. The second kappa shape index (κ2) is 21.7. The first-order valence-corrected chi connectivity index (χ1v) is 7.50. The molecule has 0 aromatic carbocycles. The lowest BCUT2D eigenvalue weighted by Crippen LogP contribution is -2.14. The molecule has 1 fully saturated rings. The number of hydrogen-bond donors (Lipinski definition) is 2. The van der Waals surface area contributed by atoms with Crippen molar-refractivity contribution in [3.63, 3.8) is 0 Å². The van der Waals surface area contributed by atoms with E-state index in [9.17, 15) is 4.79 Å². The lowest BCUT2D eigenvalue weighted by Gasteiger charge is -2.22. The third kappa shape index (κ3) is 20.8. The van der Waals surface area contributed by atoms with E-state index in [0.717, 1.165) is 12.8 Å². The Labute approximate surface area is 114 Å². The number of aliphatic carboxylic acids is 1. The Balaban J connectivity index is -0.000000201. The molecular weight excluding hydrogens is 226 g/mol. The third-order valence-corrected chi connectivity index (χ3v) is 2.65. The minimum absolute atomic E-state index is 0.389. The van der Waals surface area contributed by atoms with Gasteiger partial charge in [-0.2, -0.15) is 0 Å². The summed E-state index contributed by atoms with van der Waals surface area (Å²) in [6, 6.07) is 0. The molecule has 3 N–H and O–H groups in total. The molecule has 0 radical (unpaired) electrons. The van der Waals surface area contributed by atoms with E-state index >= 15 is 0 Å². The van der Waals surface area contributed by atoms with Gasteiger partial charge in [0.2, 0.25) is 0 Å². The Hall–Kier alpha value is -0.570. The summed E-state index contributed by atoms with van der Waals surface area (Å²) >= 11 is 0. The fourth-order valence-corrected chi connectivity index (χ4v) is 1.44. The summed E-state index contributed by atoms with van der Waals surface area (Å²) in [7, 11) is 1.50. The number of carbonyl (C=O) groups is 1. The van der Waals surface area contributed by atoms with E-state index in [0.29, 0.717) is 12.3 Å². The lowest BCUT2D eigenvalue weighted by atomic mass is 9.83. The molecule has 0 spiro atoms. The van der Waals surface area contributed by atoms with Crippen LogP contribution in [0.3, 0.4) is 0 Å². The number of carboxylic acid groups (broad SMARTS) is 1. The topological polar surface area (TPSA) is 63.3 Å². The van der Waals surface area contributed by atoms with Gasteiger partial charge in [0, 0.05) is 6.42 Å². The van der Waals surface area contributed by atoms with E-state index in [2.05, 4.69) is 19.6 Å². The first-order chi connectivity index (χ1) is 8.70. The van der Waals surface area contributed by atoms with Crippen LogP contribution in [0.1, 0.15) is 79.1 Å². The van der Waals surface area contributed by atoms with Gasteiger partial charge in [-0.05, 0) is 25.8 Å². The maximum absolute atomic E-state index is 10.0. The number of hydrogen-bond acceptors (Lipinski definition) is 2. The van der Waals surface area contributed by atoms with Gasteiger partial charge in [0.05, 0.1) is 0 Å². The van der Waals surface area contributed by atoms with E-state index in [-0.39, 0.29) is 0 Å². The normalized spacial score (nSPS) is 12.6. The number of carboxylic acids is 1. The van der Waals surface area contributed by atoms with E-state index in [4.69, 9.17) is 5.11 Å². The Bertz CT molecular complexity index is 141. The predicted octanol–water partition coefficient (Wildman–Crippen LogP) is 4.45. The molecule has 3 nitrogen and oxygen atoms in total. The summed E-state index contributed by atoms with van der Waals surface area (Å²) < 4.78 is 0. The standard InChI is InChI=1S/C6H10O2.C6H14.C2H6.CH5N/c7-6(8)4-5-2-1-3-5;1-3-5-6-4-2;2*1-2/h5H,1-4H2,(H,7,8);3-6H2,1-2H3;1-2H3;2H2,1H3. The Morgan fingerprint density at radius 2 is 1.50 bits per heavy atom. The molecule has 0 aliphatic heterocycles. The summed E-state index contributed by atoms with van der Waals surface area (Å²) in [6.45, 7) is 8.46. The first kappa shape index (κ1) is 22.6.